The molecular formula is C23H21F3N4O4. The molecule has 1 aliphatic heterocycles. The Morgan fingerprint density at radius 2 is 1.62 bits per heavy atom. The average Bonchev–Trinajstić information content (AvgIpc) is 3.50. The fourth-order valence-electron chi connectivity index (χ4n) is 3.71. The van der Waals surface area contributed by atoms with Gasteiger partial charge in [-0.05, 0) is 42.5 Å². The van der Waals surface area contributed by atoms with Crippen molar-refractivity contribution in [3.05, 3.63) is 78.0 Å². The van der Waals surface area contributed by atoms with Gasteiger partial charge in [0.2, 0.25) is 5.91 Å². The second kappa shape index (κ2) is 9.46. The normalized spacial score (nSPS) is 14.2. The number of rotatable bonds is 5. The molecular weight excluding hydrogens is 453 g/mol. The Morgan fingerprint density at radius 3 is 2.26 bits per heavy atom. The maximum absolute atomic E-state index is 13.0. The molecule has 0 saturated carbocycles. The SMILES string of the molecule is O=C(Cn1cccc1C(=O)N1CCN(C(=O)c2ccco2)CC1)Nc1cccc(C(F)(F)F)c1. The van der Waals surface area contributed by atoms with E-state index in [2.05, 4.69) is 5.32 Å². The van der Waals surface area contributed by atoms with E-state index in [1.165, 1.54) is 23.0 Å². The maximum atomic E-state index is 13.0. The first-order valence-corrected chi connectivity index (χ1v) is 10.5. The van der Waals surface area contributed by atoms with Crippen molar-refractivity contribution < 1.29 is 32.0 Å². The van der Waals surface area contributed by atoms with Gasteiger partial charge in [0.25, 0.3) is 11.8 Å². The number of hydrogen-bond donors (Lipinski definition) is 1. The lowest BCUT2D eigenvalue weighted by Gasteiger charge is -2.34. The van der Waals surface area contributed by atoms with Crippen LogP contribution in [-0.4, -0.2) is 58.3 Å². The number of amides is 3. The number of carbonyl (C=O) groups excluding carboxylic acids is 3. The number of halogens is 3. The molecule has 1 aromatic carbocycles. The van der Waals surface area contributed by atoms with Crippen LogP contribution in [-0.2, 0) is 17.5 Å². The van der Waals surface area contributed by atoms with Gasteiger partial charge in [0, 0.05) is 38.1 Å². The summed E-state index contributed by atoms with van der Waals surface area (Å²) in [5, 5.41) is 2.43. The maximum Gasteiger partial charge on any atom is 0.416 e. The largest absolute Gasteiger partial charge is 0.459 e. The molecule has 0 unspecified atom stereocenters. The Bertz CT molecular complexity index is 1180. The highest BCUT2D eigenvalue weighted by atomic mass is 19.4. The van der Waals surface area contributed by atoms with Crippen LogP contribution in [0, 0.1) is 0 Å². The first kappa shape index (κ1) is 23.1. The minimum atomic E-state index is -4.52. The summed E-state index contributed by atoms with van der Waals surface area (Å²) in [5.41, 5.74) is -0.589. The van der Waals surface area contributed by atoms with Crippen LogP contribution in [0.5, 0.6) is 0 Å². The summed E-state index contributed by atoms with van der Waals surface area (Å²) >= 11 is 0. The Hall–Kier alpha value is -4.02. The summed E-state index contributed by atoms with van der Waals surface area (Å²) < 4.78 is 45.2. The molecule has 8 nitrogen and oxygen atoms in total. The molecule has 0 bridgehead atoms. The van der Waals surface area contributed by atoms with E-state index < -0.39 is 17.6 Å². The van der Waals surface area contributed by atoms with E-state index in [4.69, 9.17) is 4.42 Å². The van der Waals surface area contributed by atoms with Crippen LogP contribution in [0.1, 0.15) is 26.6 Å². The first-order valence-electron chi connectivity index (χ1n) is 10.5. The van der Waals surface area contributed by atoms with Crippen molar-refractivity contribution in [3.8, 4) is 0 Å². The molecule has 4 rings (SSSR count). The van der Waals surface area contributed by atoms with Crippen molar-refractivity contribution in [2.75, 3.05) is 31.5 Å². The molecule has 0 aliphatic carbocycles. The van der Waals surface area contributed by atoms with Crippen molar-refractivity contribution in [1.82, 2.24) is 14.4 Å². The second-order valence-electron chi connectivity index (χ2n) is 7.71. The minimum Gasteiger partial charge on any atom is -0.459 e. The van der Waals surface area contributed by atoms with Crippen LogP contribution in [0.25, 0.3) is 0 Å². The van der Waals surface area contributed by atoms with Crippen LogP contribution in [0.15, 0.2) is 65.4 Å². The zero-order chi connectivity index (χ0) is 24.3. The Kier molecular flexibility index (Phi) is 6.44. The fourth-order valence-corrected chi connectivity index (χ4v) is 3.71. The molecule has 34 heavy (non-hydrogen) atoms. The van der Waals surface area contributed by atoms with Crippen molar-refractivity contribution in [1.29, 1.82) is 0 Å². The van der Waals surface area contributed by atoms with Gasteiger partial charge in [-0.25, -0.2) is 0 Å². The lowest BCUT2D eigenvalue weighted by atomic mass is 10.2. The van der Waals surface area contributed by atoms with E-state index in [1.807, 2.05) is 0 Å². The van der Waals surface area contributed by atoms with Crippen molar-refractivity contribution in [2.45, 2.75) is 12.7 Å². The van der Waals surface area contributed by atoms with Crippen LogP contribution in [0.3, 0.4) is 0 Å². The van der Waals surface area contributed by atoms with E-state index in [0.29, 0.717) is 26.2 Å². The molecule has 1 aliphatic rings. The van der Waals surface area contributed by atoms with Gasteiger partial charge in [0.05, 0.1) is 11.8 Å². The summed E-state index contributed by atoms with van der Waals surface area (Å²) in [6, 6.07) is 10.7. The second-order valence-corrected chi connectivity index (χ2v) is 7.71. The molecule has 1 saturated heterocycles. The monoisotopic (exact) mass is 474 g/mol. The number of hydrogen-bond acceptors (Lipinski definition) is 4. The van der Waals surface area contributed by atoms with Gasteiger partial charge in [-0.3, -0.25) is 14.4 Å². The van der Waals surface area contributed by atoms with Gasteiger partial charge in [-0.2, -0.15) is 13.2 Å². The standard InChI is InChI=1S/C23H21F3N4O4/c24-23(25,26)16-4-1-5-17(14-16)27-20(31)15-30-8-2-6-18(30)21(32)28-9-11-29(12-10-28)22(33)19-7-3-13-34-19/h1-8,13-14H,9-12,15H2,(H,27,31). The lowest BCUT2D eigenvalue weighted by molar-refractivity contribution is -0.137. The Labute approximate surface area is 192 Å². The number of benzene rings is 1. The summed E-state index contributed by atoms with van der Waals surface area (Å²) in [6.45, 7) is 1.05. The zero-order valence-corrected chi connectivity index (χ0v) is 17.9. The van der Waals surface area contributed by atoms with Gasteiger partial charge in [0.15, 0.2) is 5.76 Å². The van der Waals surface area contributed by atoms with Crippen LogP contribution < -0.4 is 5.32 Å². The van der Waals surface area contributed by atoms with E-state index >= 15 is 0 Å². The predicted octanol–water partition coefficient (Wildman–Crippen LogP) is 3.34. The molecule has 3 aromatic rings. The Morgan fingerprint density at radius 1 is 0.912 bits per heavy atom. The molecule has 11 heteroatoms. The quantitative estimate of drug-likeness (QED) is 0.615. The summed E-state index contributed by atoms with van der Waals surface area (Å²) in [6.07, 6.45) is -1.55. The average molecular weight is 474 g/mol. The number of anilines is 1. The highest BCUT2D eigenvalue weighted by Crippen LogP contribution is 2.30. The molecule has 3 heterocycles. The predicted molar refractivity (Wildman–Crippen MR) is 115 cm³/mol. The molecule has 0 atom stereocenters. The highest BCUT2D eigenvalue weighted by molar-refractivity contribution is 5.95. The molecule has 2 aromatic heterocycles. The zero-order valence-electron chi connectivity index (χ0n) is 17.9. The third kappa shape index (κ3) is 5.13. The smallest absolute Gasteiger partial charge is 0.416 e. The van der Waals surface area contributed by atoms with Crippen molar-refractivity contribution in [3.63, 3.8) is 0 Å². The third-order valence-corrected chi connectivity index (χ3v) is 5.42. The number of nitrogens with one attached hydrogen (secondary N) is 1. The third-order valence-electron chi connectivity index (χ3n) is 5.42. The van der Waals surface area contributed by atoms with Crippen molar-refractivity contribution in [2.24, 2.45) is 0 Å². The van der Waals surface area contributed by atoms with Gasteiger partial charge in [0.1, 0.15) is 12.2 Å². The van der Waals surface area contributed by atoms with Crippen LogP contribution >= 0.6 is 0 Å². The molecule has 178 valence electrons. The number of carbonyl (C=O) groups is 3. The van der Waals surface area contributed by atoms with Crippen LogP contribution in [0.2, 0.25) is 0 Å². The van der Waals surface area contributed by atoms with Gasteiger partial charge in [-0.15, -0.1) is 0 Å². The number of aromatic nitrogens is 1. The van der Waals surface area contributed by atoms with E-state index in [0.717, 1.165) is 12.1 Å². The minimum absolute atomic E-state index is 0.0113. The Balaban J connectivity index is 1.36. The lowest BCUT2D eigenvalue weighted by Crippen LogP contribution is -2.50. The highest BCUT2D eigenvalue weighted by Gasteiger charge is 2.31. The van der Waals surface area contributed by atoms with Gasteiger partial charge >= 0.3 is 6.18 Å². The van der Waals surface area contributed by atoms with Crippen molar-refractivity contribution >= 4 is 23.4 Å². The first-order chi connectivity index (χ1) is 16.2. The van der Waals surface area contributed by atoms with Crippen LogP contribution in [0.4, 0.5) is 18.9 Å². The topological polar surface area (TPSA) is 87.8 Å². The van der Waals surface area contributed by atoms with E-state index in [-0.39, 0.29) is 35.5 Å². The fraction of sp³-hybridized carbons (Fsp3) is 0.261. The number of piperazine rings is 1. The van der Waals surface area contributed by atoms with Gasteiger partial charge in [-0.1, -0.05) is 6.07 Å². The molecule has 0 radical (unpaired) electrons. The number of nitrogens with zero attached hydrogens (tertiary/aromatic N) is 3. The summed E-state index contributed by atoms with van der Waals surface area (Å²) in [7, 11) is 0. The summed E-state index contributed by atoms with van der Waals surface area (Å²) in [4.78, 5) is 41.0. The number of alkyl halides is 3. The van der Waals surface area contributed by atoms with E-state index in [1.54, 1.807) is 40.3 Å². The molecule has 1 N–H and O–H groups in total. The van der Waals surface area contributed by atoms with E-state index in [9.17, 15) is 27.6 Å². The summed E-state index contributed by atoms with van der Waals surface area (Å²) in [5.74, 6) is -0.882. The van der Waals surface area contributed by atoms with Gasteiger partial charge < -0.3 is 24.1 Å². The molecule has 0 spiro atoms. The molecule has 1 fully saturated rings. The number of furan rings is 1. The molecule has 3 amide bonds.